The molecule has 0 aliphatic carbocycles. The molecule has 0 radical (unpaired) electrons. The summed E-state index contributed by atoms with van der Waals surface area (Å²) >= 11 is 3.21. The van der Waals surface area contributed by atoms with Crippen LogP contribution in [0.15, 0.2) is 41.1 Å². The molecule has 0 saturated carbocycles. The fourth-order valence-corrected chi connectivity index (χ4v) is 5.73. The van der Waals surface area contributed by atoms with Crippen LogP contribution in [-0.4, -0.2) is 41.4 Å². The van der Waals surface area contributed by atoms with Gasteiger partial charge in [0.2, 0.25) is 11.8 Å². The van der Waals surface area contributed by atoms with Crippen molar-refractivity contribution < 1.29 is 18.7 Å². The van der Waals surface area contributed by atoms with E-state index in [1.54, 1.807) is 46.8 Å². The van der Waals surface area contributed by atoms with Crippen molar-refractivity contribution in [3.8, 4) is 15.6 Å². The lowest BCUT2D eigenvalue weighted by Crippen LogP contribution is -2.44. The Hall–Kier alpha value is -2.78. The number of carbonyl (C=O) groups excluding carboxylic acids is 2. The van der Waals surface area contributed by atoms with Gasteiger partial charge in [0.1, 0.15) is 16.6 Å². The Labute approximate surface area is 200 Å². The van der Waals surface area contributed by atoms with Gasteiger partial charge in [-0.3, -0.25) is 9.59 Å². The largest absolute Gasteiger partial charge is 0.497 e. The maximum absolute atomic E-state index is 14.6. The summed E-state index contributed by atoms with van der Waals surface area (Å²) in [5, 5.41) is 7.96. The number of nitrogens with one attached hydrogen (secondary N) is 1. The van der Waals surface area contributed by atoms with Gasteiger partial charge in [0, 0.05) is 36.9 Å². The molecule has 9 heteroatoms. The van der Waals surface area contributed by atoms with E-state index in [1.807, 2.05) is 22.9 Å². The molecule has 3 heterocycles. The molecule has 6 nitrogen and oxygen atoms in total. The average molecular weight is 488 g/mol. The van der Waals surface area contributed by atoms with Crippen molar-refractivity contribution in [2.24, 2.45) is 0 Å². The molecule has 1 fully saturated rings. The van der Waals surface area contributed by atoms with E-state index in [4.69, 9.17) is 4.74 Å². The van der Waals surface area contributed by atoms with E-state index in [0.29, 0.717) is 43.5 Å². The Morgan fingerprint density at radius 1 is 1.33 bits per heavy atom. The Kier molecular flexibility index (Phi) is 7.09. The van der Waals surface area contributed by atoms with Crippen LogP contribution in [0.25, 0.3) is 9.88 Å². The lowest BCUT2D eigenvalue weighted by molar-refractivity contribution is -0.131. The summed E-state index contributed by atoms with van der Waals surface area (Å²) in [6, 6.07) is 8.76. The molecule has 33 heavy (non-hydrogen) atoms. The summed E-state index contributed by atoms with van der Waals surface area (Å²) in [5.74, 6) is -0.0186. The number of nitrogens with zero attached hydrogens (tertiary/aromatic N) is 2. The minimum absolute atomic E-state index is 0.0311. The predicted octanol–water partition coefficient (Wildman–Crippen LogP) is 4.65. The van der Waals surface area contributed by atoms with Crippen LogP contribution in [0.5, 0.6) is 5.75 Å². The lowest BCUT2D eigenvalue weighted by atomic mass is 9.84. The molecule has 1 aliphatic rings. The molecule has 1 N–H and O–H groups in total. The van der Waals surface area contributed by atoms with Gasteiger partial charge in [0.05, 0.1) is 24.2 Å². The third-order valence-corrected chi connectivity index (χ3v) is 7.88. The molecule has 0 unspecified atom stereocenters. The second-order valence-electron chi connectivity index (χ2n) is 8.33. The third kappa shape index (κ3) is 5.59. The number of thiazole rings is 1. The first-order valence-electron chi connectivity index (χ1n) is 10.7. The maximum Gasteiger partial charge on any atom is 0.222 e. The zero-order valence-corrected chi connectivity index (χ0v) is 20.2. The summed E-state index contributed by atoms with van der Waals surface area (Å²) in [5.41, 5.74) is 0.724. The van der Waals surface area contributed by atoms with Crippen LogP contribution in [0.1, 0.15) is 36.9 Å². The zero-order chi connectivity index (χ0) is 23.4. The molecule has 2 amide bonds. The van der Waals surface area contributed by atoms with Crippen LogP contribution in [0.2, 0.25) is 0 Å². The number of amides is 2. The van der Waals surface area contributed by atoms with Crippen molar-refractivity contribution in [2.75, 3.05) is 14.2 Å². The van der Waals surface area contributed by atoms with Gasteiger partial charge in [-0.1, -0.05) is 12.1 Å². The van der Waals surface area contributed by atoms with Gasteiger partial charge in [0.25, 0.3) is 0 Å². The standard InChI is InChI=1S/C24H26FN3O3S2/c1-28(14-17-15-33-23(26-17)20-4-3-11-32-20)22(30)8-10-24(9-7-21(29)27-24)13-16-5-6-18(31-2)12-19(16)25/h3-6,11-12,15H,7-10,13-14H2,1-2H3,(H,27,29)/t24-/m1/s1. The number of carbonyl (C=O) groups is 2. The SMILES string of the molecule is COc1ccc(C[C@]2(CCC(=O)N(C)Cc3csc(-c4cccs4)n3)CCC(=O)N2)c(F)c1. The Morgan fingerprint density at radius 3 is 2.85 bits per heavy atom. The number of hydrogen-bond acceptors (Lipinski definition) is 6. The van der Waals surface area contributed by atoms with E-state index >= 15 is 0 Å². The topological polar surface area (TPSA) is 71.5 Å². The quantitative estimate of drug-likeness (QED) is 0.477. The number of thiophene rings is 1. The molecule has 4 rings (SSSR count). The highest BCUT2D eigenvalue weighted by Gasteiger charge is 2.38. The van der Waals surface area contributed by atoms with Gasteiger partial charge in [-0.2, -0.15) is 0 Å². The van der Waals surface area contributed by atoms with Gasteiger partial charge in [0.15, 0.2) is 0 Å². The zero-order valence-electron chi connectivity index (χ0n) is 18.6. The van der Waals surface area contributed by atoms with Gasteiger partial charge in [-0.05, 0) is 42.3 Å². The van der Waals surface area contributed by atoms with Crippen molar-refractivity contribution in [3.05, 3.63) is 58.2 Å². The monoisotopic (exact) mass is 487 g/mol. The molecular weight excluding hydrogens is 461 g/mol. The summed E-state index contributed by atoms with van der Waals surface area (Å²) in [4.78, 5) is 32.3. The molecule has 0 spiro atoms. The Morgan fingerprint density at radius 2 is 2.18 bits per heavy atom. The highest BCUT2D eigenvalue weighted by atomic mass is 32.1. The van der Waals surface area contributed by atoms with Crippen LogP contribution in [0, 0.1) is 5.82 Å². The number of halogens is 1. The Balaban J connectivity index is 1.38. The molecule has 174 valence electrons. The van der Waals surface area contributed by atoms with Crippen molar-refractivity contribution >= 4 is 34.5 Å². The first-order chi connectivity index (χ1) is 15.9. The van der Waals surface area contributed by atoms with Gasteiger partial charge < -0.3 is 15.0 Å². The first-order valence-corrected chi connectivity index (χ1v) is 12.5. The fraction of sp³-hybridized carbons (Fsp3) is 0.375. The van der Waals surface area contributed by atoms with Crippen LogP contribution in [-0.2, 0) is 22.6 Å². The van der Waals surface area contributed by atoms with Crippen molar-refractivity contribution in [3.63, 3.8) is 0 Å². The van der Waals surface area contributed by atoms with Gasteiger partial charge in [-0.25, -0.2) is 9.37 Å². The van der Waals surface area contributed by atoms with E-state index < -0.39 is 5.54 Å². The molecule has 1 aromatic carbocycles. The van der Waals surface area contributed by atoms with Gasteiger partial charge in [-0.15, -0.1) is 22.7 Å². The Bertz CT molecular complexity index is 1130. The second kappa shape index (κ2) is 10.0. The smallest absolute Gasteiger partial charge is 0.222 e. The normalized spacial score (nSPS) is 17.7. The van der Waals surface area contributed by atoms with Crippen LogP contribution in [0.3, 0.4) is 0 Å². The van der Waals surface area contributed by atoms with E-state index in [9.17, 15) is 14.0 Å². The number of ether oxygens (including phenoxy) is 1. The van der Waals surface area contributed by atoms with Gasteiger partial charge >= 0.3 is 0 Å². The molecule has 2 aromatic heterocycles. The molecule has 1 aliphatic heterocycles. The number of benzene rings is 1. The van der Waals surface area contributed by atoms with Crippen LogP contribution in [0.4, 0.5) is 4.39 Å². The summed E-state index contributed by atoms with van der Waals surface area (Å²) in [6.07, 6.45) is 2.00. The number of aromatic nitrogens is 1. The molecular formula is C24H26FN3O3S2. The highest BCUT2D eigenvalue weighted by Crippen LogP contribution is 2.32. The third-order valence-electron chi connectivity index (χ3n) is 5.95. The number of hydrogen-bond donors (Lipinski definition) is 1. The maximum atomic E-state index is 14.6. The number of rotatable bonds is 9. The average Bonchev–Trinajstić information content (AvgIpc) is 3.55. The second-order valence-corrected chi connectivity index (χ2v) is 10.1. The van der Waals surface area contributed by atoms with E-state index in [0.717, 1.165) is 15.6 Å². The van der Waals surface area contributed by atoms with Crippen molar-refractivity contribution in [2.45, 2.75) is 44.2 Å². The molecule has 0 bridgehead atoms. The molecule has 3 aromatic rings. The minimum Gasteiger partial charge on any atom is -0.497 e. The lowest BCUT2D eigenvalue weighted by Gasteiger charge is -2.30. The van der Waals surface area contributed by atoms with Crippen molar-refractivity contribution in [1.29, 1.82) is 0 Å². The van der Waals surface area contributed by atoms with Crippen LogP contribution < -0.4 is 10.1 Å². The summed E-state index contributed by atoms with van der Waals surface area (Å²) < 4.78 is 19.6. The summed E-state index contributed by atoms with van der Waals surface area (Å²) in [7, 11) is 3.25. The molecule has 1 saturated heterocycles. The fourth-order valence-electron chi connectivity index (χ4n) is 4.11. The van der Waals surface area contributed by atoms with E-state index in [2.05, 4.69) is 10.3 Å². The molecule has 1 atom stereocenters. The first kappa shape index (κ1) is 23.4. The number of methoxy groups -OCH3 is 1. The van der Waals surface area contributed by atoms with E-state index in [1.165, 1.54) is 13.2 Å². The van der Waals surface area contributed by atoms with Crippen LogP contribution >= 0.6 is 22.7 Å². The van der Waals surface area contributed by atoms with E-state index in [-0.39, 0.29) is 24.1 Å². The van der Waals surface area contributed by atoms with Crippen molar-refractivity contribution in [1.82, 2.24) is 15.2 Å². The minimum atomic E-state index is -0.629. The highest BCUT2D eigenvalue weighted by molar-refractivity contribution is 7.20. The summed E-state index contributed by atoms with van der Waals surface area (Å²) in [6.45, 7) is 0.424. The predicted molar refractivity (Wildman–Crippen MR) is 128 cm³/mol.